The fraction of sp³-hybridized carbons (Fsp3) is 0.190. The number of hydrogen-bond acceptors (Lipinski definition) is 3. The maximum atomic E-state index is 4.88. The topological polar surface area (TPSA) is 24.9 Å². The van der Waals surface area contributed by atoms with Crippen molar-refractivity contribution >= 4 is 28.0 Å². The third-order valence-electron chi connectivity index (χ3n) is 4.28. The highest BCUT2D eigenvalue weighted by atomic mass is 32.1. The Morgan fingerprint density at radius 2 is 1.58 bits per heavy atom. The van der Waals surface area contributed by atoms with E-state index in [4.69, 9.17) is 4.98 Å². The molecule has 1 N–H and O–H groups in total. The Hall–Kier alpha value is -2.39. The number of nitrogens with one attached hydrogen (secondary N) is 1. The maximum Gasteiger partial charge on any atom is 0.119 e. The van der Waals surface area contributed by atoms with Gasteiger partial charge in [-0.3, -0.25) is 0 Å². The molecule has 1 aromatic heterocycles. The summed E-state index contributed by atoms with van der Waals surface area (Å²) in [4.78, 5) is 4.88. The van der Waals surface area contributed by atoms with E-state index in [0.717, 1.165) is 18.0 Å². The van der Waals surface area contributed by atoms with Gasteiger partial charge in [0.1, 0.15) is 10.0 Å². The van der Waals surface area contributed by atoms with Crippen LogP contribution in [0.15, 0.2) is 60.7 Å². The van der Waals surface area contributed by atoms with Gasteiger partial charge in [-0.05, 0) is 42.0 Å². The molecule has 1 aliphatic rings. The largest absolute Gasteiger partial charge is 0.375 e. The first-order valence-electron chi connectivity index (χ1n) is 8.46. The van der Waals surface area contributed by atoms with Gasteiger partial charge in [0.25, 0.3) is 0 Å². The summed E-state index contributed by atoms with van der Waals surface area (Å²) in [6.45, 7) is 1.06. The van der Waals surface area contributed by atoms with E-state index in [1.165, 1.54) is 40.2 Å². The fourth-order valence-electron chi connectivity index (χ4n) is 3.05. The van der Waals surface area contributed by atoms with Crippen molar-refractivity contribution in [1.29, 1.82) is 0 Å². The van der Waals surface area contributed by atoms with Crippen molar-refractivity contribution in [1.82, 2.24) is 4.98 Å². The van der Waals surface area contributed by atoms with E-state index in [1.807, 2.05) is 0 Å². The Labute approximate surface area is 146 Å². The minimum absolute atomic E-state index is 1.06. The molecule has 2 nitrogen and oxygen atoms in total. The zero-order valence-corrected chi connectivity index (χ0v) is 14.4. The number of nitrogens with zero attached hydrogens (tertiary/aromatic N) is 1. The molecule has 0 fully saturated rings. The number of anilines is 1. The highest BCUT2D eigenvalue weighted by molar-refractivity contribution is 7.16. The molecule has 2 aromatic carbocycles. The van der Waals surface area contributed by atoms with Crippen LogP contribution in [0.1, 0.15) is 34.7 Å². The number of fused-ring (bicyclic) bond motifs is 1. The predicted molar refractivity (Wildman–Crippen MR) is 103 cm³/mol. The molecule has 3 aromatic rings. The lowest BCUT2D eigenvalue weighted by molar-refractivity contribution is 0.774. The van der Waals surface area contributed by atoms with Crippen molar-refractivity contribution in [3.05, 3.63) is 82.5 Å². The standard InChI is InChI=1S/C21H20N2S/c1-3-9-16(10-4-1)18(17-11-5-2-6-12-17)15-20-23-19-13-7-8-14-22-21(19)24-20/h1-6,9-12,15,22H,7-8,13-14H2. The van der Waals surface area contributed by atoms with Gasteiger partial charge in [0.2, 0.25) is 0 Å². The second kappa shape index (κ2) is 7.02. The quantitative estimate of drug-likeness (QED) is 0.687. The first kappa shape index (κ1) is 15.2. The van der Waals surface area contributed by atoms with Crippen molar-refractivity contribution in [2.24, 2.45) is 0 Å². The molecule has 4 rings (SSSR count). The molecular weight excluding hydrogens is 312 g/mol. The van der Waals surface area contributed by atoms with Crippen molar-refractivity contribution in [2.75, 3.05) is 11.9 Å². The van der Waals surface area contributed by atoms with Crippen LogP contribution in [0.2, 0.25) is 0 Å². The monoisotopic (exact) mass is 332 g/mol. The Morgan fingerprint density at radius 1 is 0.917 bits per heavy atom. The van der Waals surface area contributed by atoms with Crippen LogP contribution in [0.25, 0.3) is 11.6 Å². The van der Waals surface area contributed by atoms with Gasteiger partial charge in [-0.25, -0.2) is 4.98 Å². The summed E-state index contributed by atoms with van der Waals surface area (Å²) < 4.78 is 0. The minimum atomic E-state index is 1.06. The first-order chi connectivity index (χ1) is 11.9. The summed E-state index contributed by atoms with van der Waals surface area (Å²) in [7, 11) is 0. The molecule has 0 spiro atoms. The number of benzene rings is 2. The van der Waals surface area contributed by atoms with Crippen LogP contribution < -0.4 is 5.32 Å². The van der Waals surface area contributed by atoms with Crippen LogP contribution in [-0.4, -0.2) is 11.5 Å². The summed E-state index contributed by atoms with van der Waals surface area (Å²) in [5.41, 5.74) is 4.90. The number of hydrogen-bond donors (Lipinski definition) is 1. The normalized spacial score (nSPS) is 13.5. The first-order valence-corrected chi connectivity index (χ1v) is 9.28. The molecule has 0 aliphatic carbocycles. The highest BCUT2D eigenvalue weighted by Gasteiger charge is 2.14. The average molecular weight is 332 g/mol. The van der Waals surface area contributed by atoms with Gasteiger partial charge < -0.3 is 5.32 Å². The molecular formula is C21H20N2S. The SMILES string of the molecule is C(=C(c1ccccc1)c1ccccc1)c1nc2c(s1)NCCCC2. The second-order valence-corrected chi connectivity index (χ2v) is 7.03. The summed E-state index contributed by atoms with van der Waals surface area (Å²) in [6, 6.07) is 21.1. The number of aryl methyl sites for hydroxylation is 1. The van der Waals surface area contributed by atoms with E-state index < -0.39 is 0 Å². The summed E-state index contributed by atoms with van der Waals surface area (Å²) in [5, 5.41) is 5.85. The Morgan fingerprint density at radius 3 is 2.25 bits per heavy atom. The lowest BCUT2D eigenvalue weighted by atomic mass is 9.98. The minimum Gasteiger partial charge on any atom is -0.375 e. The fourth-order valence-corrected chi connectivity index (χ4v) is 4.03. The van der Waals surface area contributed by atoms with Gasteiger partial charge in [0.05, 0.1) is 5.69 Å². The molecule has 24 heavy (non-hydrogen) atoms. The smallest absolute Gasteiger partial charge is 0.119 e. The van der Waals surface area contributed by atoms with Gasteiger partial charge in [-0.15, -0.1) is 0 Å². The molecule has 120 valence electrons. The summed E-state index contributed by atoms with van der Waals surface area (Å²) in [6.07, 6.45) is 5.76. The second-order valence-electron chi connectivity index (χ2n) is 6.00. The van der Waals surface area contributed by atoms with Gasteiger partial charge in [0, 0.05) is 6.54 Å². The number of aromatic nitrogens is 1. The molecule has 3 heteroatoms. The third-order valence-corrected chi connectivity index (χ3v) is 5.28. The number of rotatable bonds is 3. The molecule has 0 unspecified atom stereocenters. The Kier molecular flexibility index (Phi) is 4.43. The van der Waals surface area contributed by atoms with Crippen LogP contribution in [0.3, 0.4) is 0 Å². The maximum absolute atomic E-state index is 4.88. The van der Waals surface area contributed by atoms with Crippen LogP contribution in [0, 0.1) is 0 Å². The Balaban J connectivity index is 1.78. The highest BCUT2D eigenvalue weighted by Crippen LogP contribution is 2.32. The zero-order valence-electron chi connectivity index (χ0n) is 13.5. The molecule has 0 atom stereocenters. The zero-order chi connectivity index (χ0) is 16.2. The van der Waals surface area contributed by atoms with Gasteiger partial charge in [0.15, 0.2) is 0 Å². The lowest BCUT2D eigenvalue weighted by Gasteiger charge is -2.07. The van der Waals surface area contributed by atoms with Crippen molar-refractivity contribution < 1.29 is 0 Å². The molecule has 0 radical (unpaired) electrons. The van der Waals surface area contributed by atoms with Gasteiger partial charge in [-0.1, -0.05) is 72.0 Å². The lowest BCUT2D eigenvalue weighted by Crippen LogP contribution is -1.96. The van der Waals surface area contributed by atoms with E-state index in [1.54, 1.807) is 11.3 Å². The molecule has 0 saturated heterocycles. The molecule has 2 heterocycles. The predicted octanol–water partition coefficient (Wildman–Crippen LogP) is 5.48. The summed E-state index contributed by atoms with van der Waals surface area (Å²) >= 11 is 1.77. The number of thiazole rings is 1. The van der Waals surface area contributed by atoms with E-state index in [2.05, 4.69) is 72.1 Å². The van der Waals surface area contributed by atoms with Crippen LogP contribution in [0.4, 0.5) is 5.00 Å². The Bertz CT molecular complexity index is 770. The van der Waals surface area contributed by atoms with Crippen molar-refractivity contribution in [2.45, 2.75) is 19.3 Å². The average Bonchev–Trinajstić information content (AvgIpc) is 2.90. The van der Waals surface area contributed by atoms with E-state index in [9.17, 15) is 0 Å². The van der Waals surface area contributed by atoms with Crippen molar-refractivity contribution in [3.8, 4) is 0 Å². The van der Waals surface area contributed by atoms with Gasteiger partial charge >= 0.3 is 0 Å². The molecule has 0 saturated carbocycles. The van der Waals surface area contributed by atoms with Gasteiger partial charge in [-0.2, -0.15) is 0 Å². The molecule has 0 bridgehead atoms. The molecule has 0 amide bonds. The van der Waals surface area contributed by atoms with Crippen molar-refractivity contribution in [3.63, 3.8) is 0 Å². The summed E-state index contributed by atoms with van der Waals surface area (Å²) in [5.74, 6) is 0. The van der Waals surface area contributed by atoms with E-state index in [0.29, 0.717) is 0 Å². The van der Waals surface area contributed by atoms with Crippen LogP contribution in [-0.2, 0) is 6.42 Å². The van der Waals surface area contributed by atoms with E-state index in [-0.39, 0.29) is 0 Å². The van der Waals surface area contributed by atoms with Crippen LogP contribution >= 0.6 is 11.3 Å². The molecule has 1 aliphatic heterocycles. The third kappa shape index (κ3) is 3.26. The van der Waals surface area contributed by atoms with Crippen LogP contribution in [0.5, 0.6) is 0 Å². The van der Waals surface area contributed by atoms with E-state index >= 15 is 0 Å².